The van der Waals surface area contributed by atoms with E-state index in [9.17, 15) is 9.59 Å². The fourth-order valence-corrected chi connectivity index (χ4v) is 3.93. The summed E-state index contributed by atoms with van der Waals surface area (Å²) in [4.78, 5) is 25.4. The molecular formula is C23H27N5O2S. The Bertz CT molecular complexity index is 1070. The Morgan fingerprint density at radius 2 is 1.61 bits per heavy atom. The zero-order chi connectivity index (χ0) is 22.5. The molecule has 1 unspecified atom stereocenters. The lowest BCUT2D eigenvalue weighted by Gasteiger charge is -2.22. The summed E-state index contributed by atoms with van der Waals surface area (Å²) in [6.07, 6.45) is 0. The van der Waals surface area contributed by atoms with E-state index in [1.807, 2.05) is 77.1 Å². The minimum absolute atomic E-state index is 0.118. The molecule has 0 bridgehead atoms. The van der Waals surface area contributed by atoms with E-state index in [4.69, 9.17) is 0 Å². The Labute approximate surface area is 186 Å². The number of hydrogen-bond acceptors (Lipinski definition) is 5. The van der Waals surface area contributed by atoms with E-state index in [0.717, 1.165) is 32.9 Å². The minimum Gasteiger partial charge on any atom is -0.326 e. The second kappa shape index (κ2) is 9.70. The molecule has 1 aromatic heterocycles. The fraction of sp³-hybridized carbons (Fsp3) is 0.304. The predicted octanol–water partition coefficient (Wildman–Crippen LogP) is 4.92. The largest absolute Gasteiger partial charge is 0.326 e. The zero-order valence-corrected chi connectivity index (χ0v) is 19.1. The molecule has 3 aromatic rings. The van der Waals surface area contributed by atoms with Crippen molar-refractivity contribution in [2.24, 2.45) is 5.92 Å². The first kappa shape index (κ1) is 22.4. The van der Waals surface area contributed by atoms with Crippen LogP contribution in [0.3, 0.4) is 0 Å². The van der Waals surface area contributed by atoms with Gasteiger partial charge in [0.1, 0.15) is 11.0 Å². The number of anilines is 2. The van der Waals surface area contributed by atoms with Gasteiger partial charge in [-0.05, 0) is 43.9 Å². The van der Waals surface area contributed by atoms with Crippen molar-refractivity contribution in [3.05, 3.63) is 59.2 Å². The molecule has 3 amide bonds. The molecule has 0 saturated carbocycles. The molecule has 0 aliphatic carbocycles. The first-order valence-electron chi connectivity index (χ1n) is 10.1. The number of nitrogens with one attached hydrogen (secondary N) is 3. The van der Waals surface area contributed by atoms with Gasteiger partial charge in [0.05, 0.1) is 0 Å². The molecule has 0 saturated heterocycles. The molecule has 0 aliphatic heterocycles. The highest BCUT2D eigenvalue weighted by atomic mass is 32.1. The average Bonchev–Trinajstić information content (AvgIpc) is 3.17. The number of benzene rings is 2. The van der Waals surface area contributed by atoms with Crippen LogP contribution in [-0.2, 0) is 4.79 Å². The third-order valence-electron chi connectivity index (χ3n) is 4.88. The van der Waals surface area contributed by atoms with Gasteiger partial charge >= 0.3 is 6.03 Å². The van der Waals surface area contributed by atoms with Gasteiger partial charge in [-0.3, -0.25) is 10.1 Å². The maximum atomic E-state index is 12.9. The van der Waals surface area contributed by atoms with Crippen molar-refractivity contribution in [1.82, 2.24) is 15.5 Å². The van der Waals surface area contributed by atoms with Crippen LogP contribution in [0.25, 0.3) is 10.6 Å². The van der Waals surface area contributed by atoms with Gasteiger partial charge in [0.15, 0.2) is 0 Å². The number of carbonyl (C=O) groups is 2. The van der Waals surface area contributed by atoms with E-state index in [0.29, 0.717) is 5.13 Å². The Morgan fingerprint density at radius 1 is 0.935 bits per heavy atom. The van der Waals surface area contributed by atoms with E-state index in [1.165, 1.54) is 11.3 Å². The monoisotopic (exact) mass is 437 g/mol. The van der Waals surface area contributed by atoms with Crippen LogP contribution in [0.2, 0.25) is 0 Å². The van der Waals surface area contributed by atoms with E-state index >= 15 is 0 Å². The molecule has 1 heterocycles. The number of urea groups is 1. The third-order valence-corrected chi connectivity index (χ3v) is 5.76. The molecule has 0 aliphatic rings. The third kappa shape index (κ3) is 5.67. The van der Waals surface area contributed by atoms with Crippen molar-refractivity contribution in [3.63, 3.8) is 0 Å². The number of aromatic nitrogens is 2. The molecule has 1 atom stereocenters. The highest BCUT2D eigenvalue weighted by Gasteiger charge is 2.25. The Morgan fingerprint density at radius 3 is 2.26 bits per heavy atom. The Balaban J connectivity index is 1.68. The van der Waals surface area contributed by atoms with Gasteiger partial charge in [-0.25, -0.2) is 4.79 Å². The van der Waals surface area contributed by atoms with Crippen LogP contribution < -0.4 is 16.0 Å². The molecule has 162 valence electrons. The molecule has 0 fully saturated rings. The first-order chi connectivity index (χ1) is 14.7. The summed E-state index contributed by atoms with van der Waals surface area (Å²) in [5.74, 6) is -0.452. The molecule has 3 rings (SSSR count). The average molecular weight is 438 g/mol. The number of aryl methyl sites for hydroxylation is 3. The zero-order valence-electron chi connectivity index (χ0n) is 18.3. The first-order valence-corrected chi connectivity index (χ1v) is 10.9. The van der Waals surface area contributed by atoms with Crippen LogP contribution in [0.15, 0.2) is 42.5 Å². The highest BCUT2D eigenvalue weighted by Crippen LogP contribution is 2.27. The summed E-state index contributed by atoms with van der Waals surface area (Å²) in [5.41, 5.74) is 4.73. The summed E-state index contributed by atoms with van der Waals surface area (Å²) in [5, 5.41) is 17.8. The number of para-hydroxylation sites is 1. The van der Waals surface area contributed by atoms with Gasteiger partial charge in [-0.15, -0.1) is 10.2 Å². The number of rotatable bonds is 6. The van der Waals surface area contributed by atoms with Crippen molar-refractivity contribution < 1.29 is 9.59 Å². The molecule has 8 heteroatoms. The standard InChI is InChI=1S/C23H27N5O2S/c1-13(2)18(24-22(30)25-19-15(4)9-7-10-16(19)5)20(29)26-23-28-27-21(31-23)17-11-6-8-14(3)12-17/h6-13,18H,1-5H3,(H2,24,25,30)(H,26,28,29). The SMILES string of the molecule is Cc1cccc(-c2nnc(NC(=O)C(NC(=O)Nc3c(C)cccc3C)C(C)C)s2)c1. The molecule has 2 aromatic carbocycles. The van der Waals surface area contributed by atoms with Crippen molar-refractivity contribution in [2.75, 3.05) is 10.6 Å². The van der Waals surface area contributed by atoms with E-state index in [-0.39, 0.29) is 11.8 Å². The number of amides is 3. The molecule has 31 heavy (non-hydrogen) atoms. The van der Waals surface area contributed by atoms with Crippen LogP contribution in [0.4, 0.5) is 15.6 Å². The van der Waals surface area contributed by atoms with Crippen LogP contribution in [-0.4, -0.2) is 28.2 Å². The summed E-state index contributed by atoms with van der Waals surface area (Å²) in [6, 6.07) is 12.6. The Hall–Kier alpha value is -3.26. The molecular weight excluding hydrogens is 410 g/mol. The summed E-state index contributed by atoms with van der Waals surface area (Å²) in [6.45, 7) is 9.62. The summed E-state index contributed by atoms with van der Waals surface area (Å²) in [7, 11) is 0. The van der Waals surface area contributed by atoms with E-state index in [1.54, 1.807) is 0 Å². The summed E-state index contributed by atoms with van der Waals surface area (Å²) >= 11 is 1.30. The number of nitrogens with zero attached hydrogens (tertiary/aromatic N) is 2. The maximum absolute atomic E-state index is 12.9. The van der Waals surface area contributed by atoms with Crippen LogP contribution in [0, 0.1) is 26.7 Å². The smallest absolute Gasteiger partial charge is 0.319 e. The van der Waals surface area contributed by atoms with Crippen molar-refractivity contribution in [3.8, 4) is 10.6 Å². The van der Waals surface area contributed by atoms with Gasteiger partial charge in [0, 0.05) is 11.3 Å². The number of carbonyl (C=O) groups excluding carboxylic acids is 2. The van der Waals surface area contributed by atoms with E-state index in [2.05, 4.69) is 26.1 Å². The molecule has 0 radical (unpaired) electrons. The predicted molar refractivity (Wildman–Crippen MR) is 125 cm³/mol. The molecule has 3 N–H and O–H groups in total. The van der Waals surface area contributed by atoms with Gasteiger partial charge in [-0.1, -0.05) is 67.1 Å². The summed E-state index contributed by atoms with van der Waals surface area (Å²) < 4.78 is 0. The number of hydrogen-bond donors (Lipinski definition) is 3. The molecule has 7 nitrogen and oxygen atoms in total. The quantitative estimate of drug-likeness (QED) is 0.510. The van der Waals surface area contributed by atoms with Gasteiger partial charge in [0.2, 0.25) is 11.0 Å². The van der Waals surface area contributed by atoms with Crippen molar-refractivity contribution in [2.45, 2.75) is 40.7 Å². The lowest BCUT2D eigenvalue weighted by atomic mass is 10.0. The van der Waals surface area contributed by atoms with E-state index < -0.39 is 12.1 Å². The molecule has 0 spiro atoms. The van der Waals surface area contributed by atoms with Crippen molar-refractivity contribution >= 4 is 34.1 Å². The normalized spacial score (nSPS) is 11.8. The van der Waals surface area contributed by atoms with Gasteiger partial charge < -0.3 is 10.6 Å². The lowest BCUT2D eigenvalue weighted by Crippen LogP contribution is -2.48. The Kier molecular flexibility index (Phi) is 7.02. The van der Waals surface area contributed by atoms with Crippen LogP contribution in [0.1, 0.15) is 30.5 Å². The van der Waals surface area contributed by atoms with Crippen LogP contribution >= 0.6 is 11.3 Å². The second-order valence-electron chi connectivity index (χ2n) is 7.86. The van der Waals surface area contributed by atoms with Gasteiger partial charge in [-0.2, -0.15) is 0 Å². The fourth-order valence-electron chi connectivity index (χ4n) is 3.19. The topological polar surface area (TPSA) is 96.0 Å². The second-order valence-corrected chi connectivity index (χ2v) is 8.84. The maximum Gasteiger partial charge on any atom is 0.319 e. The van der Waals surface area contributed by atoms with Crippen LogP contribution in [0.5, 0.6) is 0 Å². The van der Waals surface area contributed by atoms with Crippen molar-refractivity contribution in [1.29, 1.82) is 0 Å². The highest BCUT2D eigenvalue weighted by molar-refractivity contribution is 7.18. The minimum atomic E-state index is -0.726. The lowest BCUT2D eigenvalue weighted by molar-refractivity contribution is -0.118. The van der Waals surface area contributed by atoms with Gasteiger partial charge in [0.25, 0.3) is 0 Å².